The minimum absolute atomic E-state index is 0.160. The van der Waals surface area contributed by atoms with E-state index in [1.54, 1.807) is 32.2 Å². The maximum Gasteiger partial charge on any atom is 0.242 e. The maximum absolute atomic E-state index is 13.1. The highest BCUT2D eigenvalue weighted by Crippen LogP contribution is 2.27. The lowest BCUT2D eigenvalue weighted by atomic mass is 10.0. The Morgan fingerprint density at radius 1 is 1.07 bits per heavy atom. The second-order valence-electron chi connectivity index (χ2n) is 6.68. The summed E-state index contributed by atoms with van der Waals surface area (Å²) in [6, 6.07) is 10.6. The number of carbonyl (C=O) groups excluding carboxylic acids is 2. The van der Waals surface area contributed by atoms with E-state index in [0.717, 1.165) is 16.7 Å². The number of hydrogen-bond acceptors (Lipinski definition) is 2. The fourth-order valence-electron chi connectivity index (χ4n) is 3.09. The molecule has 0 bridgehead atoms. The van der Waals surface area contributed by atoms with Gasteiger partial charge in [-0.2, -0.15) is 0 Å². The highest BCUT2D eigenvalue weighted by atomic mass is 35.5. The van der Waals surface area contributed by atoms with Gasteiger partial charge >= 0.3 is 0 Å². The third-order valence-corrected chi connectivity index (χ3v) is 5.15. The highest BCUT2D eigenvalue weighted by molar-refractivity contribution is 6.36. The number of carbonyl (C=O) groups is 2. The SMILES string of the molecule is CNC(=O)[C@H](C)N(Cc1c(Cl)cccc1Cl)C(=O)Cc1cc(C)cc(C)c1. The summed E-state index contributed by atoms with van der Waals surface area (Å²) in [5.41, 5.74) is 3.73. The molecule has 6 heteroatoms. The predicted octanol–water partition coefficient (Wildman–Crippen LogP) is 4.32. The first-order valence-electron chi connectivity index (χ1n) is 8.74. The fourth-order valence-corrected chi connectivity index (χ4v) is 3.61. The van der Waals surface area contributed by atoms with E-state index < -0.39 is 6.04 Å². The molecule has 2 rings (SSSR count). The molecule has 27 heavy (non-hydrogen) atoms. The quantitative estimate of drug-likeness (QED) is 0.776. The number of aryl methyl sites for hydroxylation is 2. The molecule has 1 N–H and O–H groups in total. The third-order valence-electron chi connectivity index (χ3n) is 4.44. The van der Waals surface area contributed by atoms with Crippen LogP contribution in [0, 0.1) is 13.8 Å². The zero-order valence-electron chi connectivity index (χ0n) is 16.0. The summed E-state index contributed by atoms with van der Waals surface area (Å²) < 4.78 is 0. The first-order chi connectivity index (χ1) is 12.7. The lowest BCUT2D eigenvalue weighted by Crippen LogP contribution is -2.47. The lowest BCUT2D eigenvalue weighted by molar-refractivity contribution is -0.139. The van der Waals surface area contributed by atoms with E-state index in [0.29, 0.717) is 15.6 Å². The molecule has 0 saturated heterocycles. The molecule has 0 aromatic heterocycles. The van der Waals surface area contributed by atoms with Crippen molar-refractivity contribution in [1.82, 2.24) is 10.2 Å². The van der Waals surface area contributed by atoms with Gasteiger partial charge in [-0.05, 0) is 38.5 Å². The van der Waals surface area contributed by atoms with Crippen LogP contribution in [-0.2, 0) is 22.6 Å². The molecule has 2 aromatic rings. The van der Waals surface area contributed by atoms with E-state index in [-0.39, 0.29) is 24.8 Å². The molecular weight excluding hydrogens is 383 g/mol. The smallest absolute Gasteiger partial charge is 0.242 e. The summed E-state index contributed by atoms with van der Waals surface area (Å²) >= 11 is 12.6. The minimum atomic E-state index is -0.652. The molecule has 2 amide bonds. The molecule has 0 unspecified atom stereocenters. The summed E-state index contributed by atoms with van der Waals surface area (Å²) in [5.74, 6) is -0.404. The van der Waals surface area contributed by atoms with Gasteiger partial charge in [0, 0.05) is 29.2 Å². The zero-order chi connectivity index (χ0) is 20.1. The highest BCUT2D eigenvalue weighted by Gasteiger charge is 2.27. The molecule has 0 fully saturated rings. The van der Waals surface area contributed by atoms with E-state index >= 15 is 0 Å². The monoisotopic (exact) mass is 406 g/mol. The van der Waals surface area contributed by atoms with Crippen LogP contribution in [0.5, 0.6) is 0 Å². The van der Waals surface area contributed by atoms with Crippen molar-refractivity contribution in [3.8, 4) is 0 Å². The molecule has 0 spiro atoms. The second-order valence-corrected chi connectivity index (χ2v) is 7.50. The Labute approximate surface area is 170 Å². The summed E-state index contributed by atoms with van der Waals surface area (Å²) in [6.07, 6.45) is 0.200. The van der Waals surface area contributed by atoms with Crippen LogP contribution in [0.15, 0.2) is 36.4 Å². The largest absolute Gasteiger partial charge is 0.357 e. The molecule has 4 nitrogen and oxygen atoms in total. The van der Waals surface area contributed by atoms with Crippen molar-refractivity contribution in [1.29, 1.82) is 0 Å². The molecule has 0 heterocycles. The van der Waals surface area contributed by atoms with Gasteiger partial charge in [-0.15, -0.1) is 0 Å². The molecule has 0 saturated carbocycles. The number of rotatable bonds is 6. The fraction of sp³-hybridized carbons (Fsp3) is 0.333. The van der Waals surface area contributed by atoms with Crippen molar-refractivity contribution in [2.75, 3.05) is 7.05 Å². The topological polar surface area (TPSA) is 49.4 Å². The van der Waals surface area contributed by atoms with Crippen molar-refractivity contribution in [2.24, 2.45) is 0 Å². The molecule has 0 aliphatic carbocycles. The first kappa shape index (κ1) is 21.3. The number of nitrogens with zero attached hydrogens (tertiary/aromatic N) is 1. The summed E-state index contributed by atoms with van der Waals surface area (Å²) in [5, 5.41) is 3.54. The number of likely N-dealkylation sites (N-methyl/N-ethyl adjacent to an activating group) is 1. The number of hydrogen-bond donors (Lipinski definition) is 1. The van der Waals surface area contributed by atoms with Gasteiger partial charge in [-0.1, -0.05) is 58.6 Å². The number of halogens is 2. The normalized spacial score (nSPS) is 11.8. The van der Waals surface area contributed by atoms with E-state index in [4.69, 9.17) is 23.2 Å². The number of nitrogens with one attached hydrogen (secondary N) is 1. The summed E-state index contributed by atoms with van der Waals surface area (Å²) in [7, 11) is 1.55. The average molecular weight is 407 g/mol. The molecule has 1 atom stereocenters. The standard InChI is InChI=1S/C21H24Cl2N2O2/c1-13-8-14(2)10-16(9-13)11-20(26)25(15(3)21(27)24-4)12-17-18(22)6-5-7-19(17)23/h5-10,15H,11-12H2,1-4H3,(H,24,27)/t15-/m0/s1. The van der Waals surface area contributed by atoms with Crippen LogP contribution in [0.1, 0.15) is 29.2 Å². The van der Waals surface area contributed by atoms with Crippen molar-refractivity contribution in [3.63, 3.8) is 0 Å². The van der Waals surface area contributed by atoms with Gasteiger partial charge in [0.15, 0.2) is 0 Å². The first-order valence-corrected chi connectivity index (χ1v) is 9.49. The molecular formula is C21H24Cl2N2O2. The van der Waals surface area contributed by atoms with E-state index in [1.165, 1.54) is 4.90 Å². The van der Waals surface area contributed by atoms with Gasteiger partial charge in [0.25, 0.3) is 0 Å². The Balaban J connectivity index is 2.34. The molecule has 0 radical (unpaired) electrons. The van der Waals surface area contributed by atoms with Gasteiger partial charge in [0.05, 0.1) is 6.42 Å². The van der Waals surface area contributed by atoms with Crippen LogP contribution >= 0.6 is 23.2 Å². The van der Waals surface area contributed by atoms with Crippen LogP contribution in [0.4, 0.5) is 0 Å². The Hall–Kier alpha value is -2.04. The van der Waals surface area contributed by atoms with Gasteiger partial charge < -0.3 is 10.2 Å². The maximum atomic E-state index is 13.1. The van der Waals surface area contributed by atoms with Gasteiger partial charge in [-0.25, -0.2) is 0 Å². The van der Waals surface area contributed by atoms with Gasteiger partial charge in [-0.3, -0.25) is 9.59 Å². The Kier molecular flexibility index (Phi) is 7.28. The van der Waals surface area contributed by atoms with Crippen molar-refractivity contribution >= 4 is 35.0 Å². The van der Waals surface area contributed by atoms with Gasteiger partial charge in [0.1, 0.15) is 6.04 Å². The van der Waals surface area contributed by atoms with Crippen LogP contribution in [0.3, 0.4) is 0 Å². The lowest BCUT2D eigenvalue weighted by Gasteiger charge is -2.29. The van der Waals surface area contributed by atoms with E-state index in [1.807, 2.05) is 26.0 Å². The third kappa shape index (κ3) is 5.47. The van der Waals surface area contributed by atoms with Crippen molar-refractivity contribution in [2.45, 2.75) is 39.8 Å². The van der Waals surface area contributed by atoms with Crippen molar-refractivity contribution < 1.29 is 9.59 Å². The van der Waals surface area contributed by atoms with Crippen molar-refractivity contribution in [3.05, 3.63) is 68.7 Å². The van der Waals surface area contributed by atoms with E-state index in [2.05, 4.69) is 11.4 Å². The second kappa shape index (κ2) is 9.25. The van der Waals surface area contributed by atoms with E-state index in [9.17, 15) is 9.59 Å². The van der Waals surface area contributed by atoms with Crippen LogP contribution in [0.25, 0.3) is 0 Å². The number of benzene rings is 2. The Morgan fingerprint density at radius 3 is 2.15 bits per heavy atom. The molecule has 144 valence electrons. The molecule has 0 aliphatic rings. The molecule has 2 aromatic carbocycles. The minimum Gasteiger partial charge on any atom is -0.357 e. The van der Waals surface area contributed by atoms with Crippen LogP contribution < -0.4 is 5.32 Å². The number of amides is 2. The average Bonchev–Trinajstić information content (AvgIpc) is 2.59. The Bertz CT molecular complexity index is 812. The zero-order valence-corrected chi connectivity index (χ0v) is 17.5. The Morgan fingerprint density at radius 2 is 1.63 bits per heavy atom. The van der Waals surface area contributed by atoms with Crippen LogP contribution in [0.2, 0.25) is 10.0 Å². The molecule has 0 aliphatic heterocycles. The van der Waals surface area contributed by atoms with Gasteiger partial charge in [0.2, 0.25) is 11.8 Å². The van der Waals surface area contributed by atoms with Crippen LogP contribution in [-0.4, -0.2) is 29.8 Å². The summed E-state index contributed by atoms with van der Waals surface area (Å²) in [6.45, 7) is 5.85. The summed E-state index contributed by atoms with van der Waals surface area (Å²) in [4.78, 5) is 26.8. The predicted molar refractivity (Wildman–Crippen MR) is 110 cm³/mol.